The van der Waals surface area contributed by atoms with E-state index in [0.717, 1.165) is 6.42 Å². The van der Waals surface area contributed by atoms with Crippen LogP contribution in [0.5, 0.6) is 0 Å². The molecule has 2 atom stereocenters. The van der Waals surface area contributed by atoms with Crippen molar-refractivity contribution in [1.82, 2.24) is 0 Å². The van der Waals surface area contributed by atoms with Crippen molar-refractivity contribution < 1.29 is 0 Å². The van der Waals surface area contributed by atoms with Crippen LogP contribution in [0.1, 0.15) is 41.3 Å². The van der Waals surface area contributed by atoms with Crippen LogP contribution in [0.25, 0.3) is 0 Å². The number of benzene rings is 2. The van der Waals surface area contributed by atoms with Gasteiger partial charge in [0.15, 0.2) is 0 Å². The molecule has 2 rings (SSSR count). The Balaban J connectivity index is 2.25. The fourth-order valence-electron chi connectivity index (χ4n) is 2.29. The van der Waals surface area contributed by atoms with Gasteiger partial charge in [0.1, 0.15) is 0 Å². The minimum atomic E-state index is 0.0398. The fraction of sp³-hybridized carbons (Fsp3) is 0.294. The second-order valence-electron chi connectivity index (χ2n) is 4.74. The summed E-state index contributed by atoms with van der Waals surface area (Å²) in [4.78, 5) is 0. The number of halogens is 1. The molecule has 18 heavy (non-hydrogen) atoms. The number of rotatable bonds is 4. The Labute approximate surface area is 115 Å². The van der Waals surface area contributed by atoms with Crippen molar-refractivity contribution >= 4 is 11.6 Å². The van der Waals surface area contributed by atoms with Gasteiger partial charge in [0.2, 0.25) is 0 Å². The first-order valence-electron chi connectivity index (χ1n) is 6.48. The summed E-state index contributed by atoms with van der Waals surface area (Å²) in [5, 5.41) is 0.0398. The van der Waals surface area contributed by atoms with Gasteiger partial charge in [0.25, 0.3) is 0 Å². The third-order valence-corrected chi connectivity index (χ3v) is 3.97. The summed E-state index contributed by atoms with van der Waals surface area (Å²) in [5.74, 6) is 0.371. The molecule has 2 aromatic rings. The monoisotopic (exact) mass is 258 g/mol. The maximum absolute atomic E-state index is 6.66. The van der Waals surface area contributed by atoms with Gasteiger partial charge in [-0.1, -0.05) is 67.1 Å². The minimum Gasteiger partial charge on any atom is -0.117 e. The van der Waals surface area contributed by atoms with E-state index < -0.39 is 0 Å². The van der Waals surface area contributed by atoms with E-state index in [1.54, 1.807) is 0 Å². The van der Waals surface area contributed by atoms with Crippen LogP contribution in [0.2, 0.25) is 0 Å². The predicted molar refractivity (Wildman–Crippen MR) is 79.2 cm³/mol. The first kappa shape index (κ1) is 13.2. The Morgan fingerprint density at radius 1 is 0.889 bits per heavy atom. The standard InChI is InChI=1S/C17H19Cl/c1-3-16(14-7-5-4-6-8-14)17(18)15-11-9-13(2)10-12-15/h4-12,16-17H,3H2,1-2H3. The molecule has 0 amide bonds. The molecule has 0 N–H and O–H groups in total. The largest absolute Gasteiger partial charge is 0.117 e. The van der Waals surface area contributed by atoms with Crippen molar-refractivity contribution in [3.63, 3.8) is 0 Å². The normalized spacial score (nSPS) is 14.2. The molecule has 0 heterocycles. The zero-order chi connectivity index (χ0) is 13.0. The lowest BCUT2D eigenvalue weighted by atomic mass is 9.89. The fourth-order valence-corrected chi connectivity index (χ4v) is 2.76. The molecule has 0 aliphatic rings. The Morgan fingerprint density at radius 3 is 2.06 bits per heavy atom. The quantitative estimate of drug-likeness (QED) is 0.638. The van der Waals surface area contributed by atoms with Gasteiger partial charge >= 0.3 is 0 Å². The van der Waals surface area contributed by atoms with E-state index in [1.807, 2.05) is 6.07 Å². The molecule has 0 nitrogen and oxygen atoms in total. The molecule has 94 valence electrons. The van der Waals surface area contributed by atoms with Crippen molar-refractivity contribution in [3.8, 4) is 0 Å². The second kappa shape index (κ2) is 6.06. The molecule has 0 bridgehead atoms. The maximum Gasteiger partial charge on any atom is 0.0653 e. The number of hydrogen-bond donors (Lipinski definition) is 0. The number of alkyl halides is 1. The summed E-state index contributed by atoms with van der Waals surface area (Å²) < 4.78 is 0. The average molecular weight is 259 g/mol. The SMILES string of the molecule is CCC(c1ccccc1)C(Cl)c1ccc(C)cc1. The molecule has 2 unspecified atom stereocenters. The van der Waals surface area contributed by atoms with Crippen molar-refractivity contribution in [2.75, 3.05) is 0 Å². The smallest absolute Gasteiger partial charge is 0.0653 e. The summed E-state index contributed by atoms with van der Waals surface area (Å²) in [6, 6.07) is 19.1. The van der Waals surface area contributed by atoms with Gasteiger partial charge in [-0.05, 0) is 24.5 Å². The van der Waals surface area contributed by atoms with Crippen LogP contribution in [-0.4, -0.2) is 0 Å². The van der Waals surface area contributed by atoms with Crippen molar-refractivity contribution in [2.24, 2.45) is 0 Å². The Bertz CT molecular complexity index is 473. The van der Waals surface area contributed by atoms with E-state index in [2.05, 4.69) is 62.4 Å². The molecule has 2 aromatic carbocycles. The van der Waals surface area contributed by atoms with Crippen LogP contribution < -0.4 is 0 Å². The molecular formula is C17H19Cl. The molecule has 0 aromatic heterocycles. The zero-order valence-corrected chi connectivity index (χ0v) is 11.7. The minimum absolute atomic E-state index is 0.0398. The Morgan fingerprint density at radius 2 is 1.50 bits per heavy atom. The summed E-state index contributed by atoms with van der Waals surface area (Å²) in [6.45, 7) is 4.29. The highest BCUT2D eigenvalue weighted by atomic mass is 35.5. The zero-order valence-electron chi connectivity index (χ0n) is 10.9. The molecule has 0 aliphatic carbocycles. The molecule has 0 saturated carbocycles. The number of hydrogen-bond acceptors (Lipinski definition) is 0. The molecule has 0 radical (unpaired) electrons. The van der Waals surface area contributed by atoms with Gasteiger partial charge in [-0.2, -0.15) is 0 Å². The van der Waals surface area contributed by atoms with Crippen LogP contribution in [0.4, 0.5) is 0 Å². The third-order valence-electron chi connectivity index (χ3n) is 3.42. The van der Waals surface area contributed by atoms with Gasteiger partial charge in [-0.25, -0.2) is 0 Å². The van der Waals surface area contributed by atoms with E-state index in [9.17, 15) is 0 Å². The van der Waals surface area contributed by atoms with Gasteiger partial charge in [0, 0.05) is 5.92 Å². The third kappa shape index (κ3) is 2.94. The Kier molecular flexibility index (Phi) is 4.43. The summed E-state index contributed by atoms with van der Waals surface area (Å²) >= 11 is 6.66. The topological polar surface area (TPSA) is 0 Å². The van der Waals surface area contributed by atoms with E-state index in [-0.39, 0.29) is 5.38 Å². The lowest BCUT2D eigenvalue weighted by Crippen LogP contribution is -2.05. The van der Waals surface area contributed by atoms with Crippen LogP contribution in [-0.2, 0) is 0 Å². The van der Waals surface area contributed by atoms with Crippen molar-refractivity contribution in [1.29, 1.82) is 0 Å². The summed E-state index contributed by atoms with van der Waals surface area (Å²) in [7, 11) is 0. The maximum atomic E-state index is 6.66. The molecular weight excluding hydrogens is 240 g/mol. The van der Waals surface area contributed by atoms with Crippen LogP contribution in [0, 0.1) is 6.92 Å². The predicted octanol–water partition coefficient (Wildman–Crippen LogP) is 5.47. The molecule has 0 saturated heterocycles. The molecule has 0 spiro atoms. The van der Waals surface area contributed by atoms with Gasteiger partial charge in [0.05, 0.1) is 5.38 Å². The van der Waals surface area contributed by atoms with E-state index >= 15 is 0 Å². The number of aryl methyl sites for hydroxylation is 1. The highest BCUT2D eigenvalue weighted by Gasteiger charge is 2.20. The van der Waals surface area contributed by atoms with Crippen LogP contribution in [0.3, 0.4) is 0 Å². The first-order chi connectivity index (χ1) is 8.72. The second-order valence-corrected chi connectivity index (χ2v) is 5.21. The van der Waals surface area contributed by atoms with E-state index in [1.165, 1.54) is 16.7 Å². The van der Waals surface area contributed by atoms with Crippen molar-refractivity contribution in [3.05, 3.63) is 71.3 Å². The first-order valence-corrected chi connectivity index (χ1v) is 6.91. The molecule has 1 heteroatoms. The van der Waals surface area contributed by atoms with Gasteiger partial charge in [-0.3, -0.25) is 0 Å². The van der Waals surface area contributed by atoms with Gasteiger partial charge < -0.3 is 0 Å². The van der Waals surface area contributed by atoms with E-state index in [0.29, 0.717) is 5.92 Å². The highest BCUT2D eigenvalue weighted by molar-refractivity contribution is 6.21. The van der Waals surface area contributed by atoms with Crippen LogP contribution in [0.15, 0.2) is 54.6 Å². The van der Waals surface area contributed by atoms with Gasteiger partial charge in [-0.15, -0.1) is 11.6 Å². The molecule has 0 fully saturated rings. The highest BCUT2D eigenvalue weighted by Crippen LogP contribution is 2.38. The van der Waals surface area contributed by atoms with Crippen LogP contribution >= 0.6 is 11.6 Å². The summed E-state index contributed by atoms with van der Waals surface area (Å²) in [6.07, 6.45) is 1.05. The Hall–Kier alpha value is -1.27. The lowest BCUT2D eigenvalue weighted by Gasteiger charge is -2.22. The lowest BCUT2D eigenvalue weighted by molar-refractivity contribution is 0.640. The van der Waals surface area contributed by atoms with E-state index in [4.69, 9.17) is 11.6 Å². The van der Waals surface area contributed by atoms with Crippen molar-refractivity contribution in [2.45, 2.75) is 31.6 Å². The molecule has 0 aliphatic heterocycles. The summed E-state index contributed by atoms with van der Waals surface area (Å²) in [5.41, 5.74) is 3.80. The average Bonchev–Trinajstić information content (AvgIpc) is 2.41.